The average Bonchev–Trinajstić information content (AvgIpc) is 2.62. The van der Waals surface area contributed by atoms with Gasteiger partial charge >= 0.3 is 0 Å². The van der Waals surface area contributed by atoms with E-state index < -0.39 is 0 Å². The maximum atomic E-state index is 12.5. The van der Waals surface area contributed by atoms with Gasteiger partial charge in [0.25, 0.3) is 5.91 Å². The number of pyridine rings is 1. The number of carbonyl (C=O) groups excluding carboxylic acids is 1. The summed E-state index contributed by atoms with van der Waals surface area (Å²) >= 11 is 11.9. The van der Waals surface area contributed by atoms with Crippen molar-refractivity contribution in [1.82, 2.24) is 4.98 Å². The van der Waals surface area contributed by atoms with Crippen LogP contribution in [0.5, 0.6) is 0 Å². The van der Waals surface area contributed by atoms with Gasteiger partial charge in [-0.15, -0.1) is 0 Å². The van der Waals surface area contributed by atoms with Crippen molar-refractivity contribution in [3.8, 4) is 0 Å². The van der Waals surface area contributed by atoms with Gasteiger partial charge in [-0.2, -0.15) is 0 Å². The Kier molecular flexibility index (Phi) is 5.76. The number of anilines is 2. The number of carbonyl (C=O) groups is 1. The molecule has 0 saturated heterocycles. The first kappa shape index (κ1) is 18.2. The number of nitrogens with one attached hydrogen (secondary N) is 2. The van der Waals surface area contributed by atoms with Gasteiger partial charge in [-0.3, -0.25) is 9.78 Å². The third kappa shape index (κ3) is 4.75. The standard InChI is InChI=1S/C20H17Cl2N3O/c1-13(14-5-3-2-4-6-14)24-19-7-15(11-23-12-19)20(26)25-18-9-16(21)8-17(22)10-18/h2-13,24H,1H3,(H,25,26). The lowest BCUT2D eigenvalue weighted by Gasteiger charge is -2.16. The van der Waals surface area contributed by atoms with E-state index in [9.17, 15) is 4.79 Å². The second-order valence-corrected chi connectivity index (χ2v) is 6.72. The summed E-state index contributed by atoms with van der Waals surface area (Å²) in [5, 5.41) is 7.04. The van der Waals surface area contributed by atoms with Gasteiger partial charge in [-0.1, -0.05) is 53.5 Å². The molecule has 132 valence electrons. The summed E-state index contributed by atoms with van der Waals surface area (Å²) in [7, 11) is 0. The predicted molar refractivity (Wildman–Crippen MR) is 107 cm³/mol. The van der Waals surface area contributed by atoms with E-state index in [1.165, 1.54) is 6.20 Å². The Morgan fingerprint density at radius 2 is 1.65 bits per heavy atom. The highest BCUT2D eigenvalue weighted by atomic mass is 35.5. The molecule has 1 atom stereocenters. The van der Waals surface area contributed by atoms with Crippen molar-refractivity contribution in [1.29, 1.82) is 0 Å². The number of benzene rings is 2. The van der Waals surface area contributed by atoms with Crippen LogP contribution in [0.3, 0.4) is 0 Å². The van der Waals surface area contributed by atoms with Gasteiger partial charge < -0.3 is 10.6 Å². The molecule has 0 radical (unpaired) electrons. The van der Waals surface area contributed by atoms with Gasteiger partial charge in [0.05, 0.1) is 11.3 Å². The topological polar surface area (TPSA) is 54.0 Å². The van der Waals surface area contributed by atoms with E-state index in [0.717, 1.165) is 11.3 Å². The highest BCUT2D eigenvalue weighted by molar-refractivity contribution is 6.35. The van der Waals surface area contributed by atoms with Crippen molar-refractivity contribution in [2.24, 2.45) is 0 Å². The molecule has 1 heterocycles. The Morgan fingerprint density at radius 1 is 0.962 bits per heavy atom. The van der Waals surface area contributed by atoms with Gasteiger partial charge in [0.15, 0.2) is 0 Å². The van der Waals surface area contributed by atoms with Gasteiger partial charge in [-0.05, 0) is 36.8 Å². The summed E-state index contributed by atoms with van der Waals surface area (Å²) in [6.45, 7) is 2.05. The number of nitrogens with zero attached hydrogens (tertiary/aromatic N) is 1. The third-order valence-electron chi connectivity index (χ3n) is 3.80. The molecule has 2 aromatic carbocycles. The molecular formula is C20H17Cl2N3O. The first-order valence-corrected chi connectivity index (χ1v) is 8.81. The Balaban J connectivity index is 1.73. The molecule has 1 unspecified atom stereocenters. The van der Waals surface area contributed by atoms with E-state index in [-0.39, 0.29) is 11.9 Å². The van der Waals surface area contributed by atoms with Crippen LogP contribution < -0.4 is 10.6 Å². The molecule has 0 fully saturated rings. The molecule has 0 aliphatic rings. The number of aromatic nitrogens is 1. The van der Waals surface area contributed by atoms with Crippen LogP contribution in [0.1, 0.15) is 28.9 Å². The average molecular weight is 386 g/mol. The molecule has 1 aromatic heterocycles. The second kappa shape index (κ2) is 8.21. The van der Waals surface area contributed by atoms with E-state index in [1.54, 1.807) is 30.5 Å². The van der Waals surface area contributed by atoms with Crippen LogP contribution in [0.25, 0.3) is 0 Å². The lowest BCUT2D eigenvalue weighted by Crippen LogP contribution is -2.13. The third-order valence-corrected chi connectivity index (χ3v) is 4.24. The monoisotopic (exact) mass is 385 g/mol. The molecule has 2 N–H and O–H groups in total. The van der Waals surface area contributed by atoms with E-state index >= 15 is 0 Å². The number of rotatable bonds is 5. The van der Waals surface area contributed by atoms with E-state index in [2.05, 4.69) is 22.5 Å². The maximum Gasteiger partial charge on any atom is 0.257 e. The van der Waals surface area contributed by atoms with Gasteiger partial charge in [0.1, 0.15) is 0 Å². The largest absolute Gasteiger partial charge is 0.377 e. The normalized spacial score (nSPS) is 11.7. The fraction of sp³-hybridized carbons (Fsp3) is 0.100. The fourth-order valence-corrected chi connectivity index (χ4v) is 3.07. The fourth-order valence-electron chi connectivity index (χ4n) is 2.55. The lowest BCUT2D eigenvalue weighted by atomic mass is 10.1. The van der Waals surface area contributed by atoms with Crippen molar-refractivity contribution in [2.45, 2.75) is 13.0 Å². The Labute approximate surface area is 162 Å². The first-order chi connectivity index (χ1) is 12.5. The molecule has 0 aliphatic heterocycles. The van der Waals surface area contributed by atoms with Crippen molar-refractivity contribution < 1.29 is 4.79 Å². The zero-order valence-electron chi connectivity index (χ0n) is 14.0. The minimum Gasteiger partial charge on any atom is -0.377 e. The van der Waals surface area contributed by atoms with Gasteiger partial charge in [-0.25, -0.2) is 0 Å². The molecule has 0 bridgehead atoms. The van der Waals surface area contributed by atoms with Gasteiger partial charge in [0.2, 0.25) is 0 Å². The number of hydrogen-bond acceptors (Lipinski definition) is 3. The summed E-state index contributed by atoms with van der Waals surface area (Å²) in [5.41, 5.74) is 2.88. The van der Waals surface area contributed by atoms with Crippen LogP contribution in [0.4, 0.5) is 11.4 Å². The van der Waals surface area contributed by atoms with E-state index in [1.807, 2.05) is 30.3 Å². The molecular weight excluding hydrogens is 369 g/mol. The smallest absolute Gasteiger partial charge is 0.257 e. The number of halogens is 2. The molecule has 6 heteroatoms. The van der Waals surface area contributed by atoms with Crippen molar-refractivity contribution in [3.05, 3.63) is 88.2 Å². The molecule has 0 saturated carbocycles. The summed E-state index contributed by atoms with van der Waals surface area (Å²) in [6.07, 6.45) is 3.20. The Morgan fingerprint density at radius 3 is 2.35 bits per heavy atom. The lowest BCUT2D eigenvalue weighted by molar-refractivity contribution is 0.102. The quantitative estimate of drug-likeness (QED) is 0.582. The van der Waals surface area contributed by atoms with E-state index in [4.69, 9.17) is 23.2 Å². The van der Waals surface area contributed by atoms with Crippen molar-refractivity contribution >= 4 is 40.5 Å². The Bertz CT molecular complexity index is 896. The van der Waals surface area contributed by atoms with Crippen LogP contribution in [0, 0.1) is 0 Å². The van der Waals surface area contributed by atoms with Gasteiger partial charge in [0, 0.05) is 34.2 Å². The minimum absolute atomic E-state index is 0.0862. The van der Waals surface area contributed by atoms with Crippen LogP contribution >= 0.6 is 23.2 Å². The predicted octanol–water partition coefficient (Wildman–Crippen LogP) is 5.81. The van der Waals surface area contributed by atoms with Crippen molar-refractivity contribution in [2.75, 3.05) is 10.6 Å². The molecule has 0 spiro atoms. The molecule has 1 amide bonds. The Hall–Kier alpha value is -2.56. The first-order valence-electron chi connectivity index (χ1n) is 8.05. The SMILES string of the molecule is CC(Nc1cncc(C(=O)Nc2cc(Cl)cc(Cl)c2)c1)c1ccccc1. The van der Waals surface area contributed by atoms with Crippen molar-refractivity contribution in [3.63, 3.8) is 0 Å². The van der Waals surface area contributed by atoms with E-state index in [0.29, 0.717) is 21.3 Å². The van der Waals surface area contributed by atoms with Crippen LogP contribution in [0.2, 0.25) is 10.0 Å². The number of amides is 1. The summed E-state index contributed by atoms with van der Waals surface area (Å²) in [5.74, 6) is -0.285. The highest BCUT2D eigenvalue weighted by Gasteiger charge is 2.10. The minimum atomic E-state index is -0.285. The van der Waals surface area contributed by atoms with Crippen LogP contribution in [0.15, 0.2) is 67.0 Å². The molecule has 3 rings (SSSR count). The zero-order valence-corrected chi connectivity index (χ0v) is 15.6. The molecule has 26 heavy (non-hydrogen) atoms. The van der Waals surface area contributed by atoms with Crippen LogP contribution in [-0.2, 0) is 0 Å². The highest BCUT2D eigenvalue weighted by Crippen LogP contribution is 2.23. The zero-order chi connectivity index (χ0) is 18.5. The molecule has 0 aliphatic carbocycles. The molecule has 3 aromatic rings. The number of hydrogen-bond donors (Lipinski definition) is 2. The summed E-state index contributed by atoms with van der Waals surface area (Å²) in [6, 6.07) is 16.8. The molecule has 4 nitrogen and oxygen atoms in total. The second-order valence-electron chi connectivity index (χ2n) is 5.85. The van der Waals surface area contributed by atoms with Crippen LogP contribution in [-0.4, -0.2) is 10.9 Å². The summed E-state index contributed by atoms with van der Waals surface area (Å²) < 4.78 is 0. The summed E-state index contributed by atoms with van der Waals surface area (Å²) in [4.78, 5) is 16.6. The maximum absolute atomic E-state index is 12.5.